The number of nitrogens with zero attached hydrogens (tertiary/aromatic N) is 1. The van der Waals surface area contributed by atoms with Gasteiger partial charge in [0, 0.05) is 5.69 Å². The van der Waals surface area contributed by atoms with Gasteiger partial charge in [0.2, 0.25) is 0 Å². The zero-order chi connectivity index (χ0) is 25.5. The molecule has 8 nitrogen and oxygen atoms in total. The smallest absolute Gasteiger partial charge is 0.264 e. The number of amides is 2. The van der Waals surface area contributed by atoms with Gasteiger partial charge in [-0.2, -0.15) is 0 Å². The number of hydrogen-bond donors (Lipinski definition) is 2. The van der Waals surface area contributed by atoms with E-state index in [2.05, 4.69) is 31.6 Å². The summed E-state index contributed by atoms with van der Waals surface area (Å²) in [4.78, 5) is 29.7. The molecule has 1 fully saturated rings. The number of thioether (sulfide) groups is 1. The fraction of sp³-hybridized carbons (Fsp3) is 0.115. The summed E-state index contributed by atoms with van der Waals surface area (Å²) in [5.74, 6) is 0.975. The molecule has 0 bridgehead atoms. The minimum Gasteiger partial charge on any atom is -0.497 e. The highest BCUT2D eigenvalue weighted by Crippen LogP contribution is 2.38. The lowest BCUT2D eigenvalue weighted by molar-refractivity contribution is -0.118. The first-order valence-corrected chi connectivity index (χ1v) is 12.3. The molecule has 4 rings (SSSR count). The van der Waals surface area contributed by atoms with Crippen molar-refractivity contribution in [1.29, 1.82) is 0 Å². The molecule has 0 spiro atoms. The predicted molar refractivity (Wildman–Crippen MR) is 145 cm³/mol. The maximum atomic E-state index is 12.5. The van der Waals surface area contributed by atoms with Crippen LogP contribution < -0.4 is 24.8 Å². The Hall–Kier alpha value is -3.76. The third kappa shape index (κ3) is 6.46. The highest BCUT2D eigenvalue weighted by molar-refractivity contribution is 9.10. The number of carbonyl (C=O) groups is 2. The number of anilines is 1. The summed E-state index contributed by atoms with van der Waals surface area (Å²) in [5, 5.41) is 6.02. The molecule has 3 aromatic rings. The largest absolute Gasteiger partial charge is 0.497 e. The third-order valence-corrected chi connectivity index (χ3v) is 6.41. The summed E-state index contributed by atoms with van der Waals surface area (Å²) in [7, 11) is 3.10. The number of rotatable bonds is 8. The Bertz CT molecular complexity index is 1330. The molecule has 0 aliphatic carbocycles. The molecule has 0 radical (unpaired) electrons. The lowest BCUT2D eigenvalue weighted by atomic mass is 10.2. The van der Waals surface area contributed by atoms with Crippen LogP contribution in [0.15, 0.2) is 81.1 Å². The number of methoxy groups -OCH3 is 2. The van der Waals surface area contributed by atoms with Crippen molar-refractivity contribution in [1.82, 2.24) is 5.32 Å². The molecule has 2 amide bonds. The fourth-order valence-electron chi connectivity index (χ4n) is 3.23. The molecular weight excluding hydrogens is 546 g/mol. The third-order valence-electron chi connectivity index (χ3n) is 4.91. The van der Waals surface area contributed by atoms with Gasteiger partial charge in [-0.1, -0.05) is 18.2 Å². The van der Waals surface area contributed by atoms with Crippen LogP contribution in [0.2, 0.25) is 0 Å². The van der Waals surface area contributed by atoms with Gasteiger partial charge in [0.15, 0.2) is 23.3 Å². The van der Waals surface area contributed by atoms with Crippen molar-refractivity contribution in [3.8, 4) is 17.2 Å². The number of halogens is 1. The van der Waals surface area contributed by atoms with E-state index in [9.17, 15) is 9.59 Å². The standard InChI is InChI=1S/C26H22BrN3O5S/c1-33-19-10-8-18(9-11-19)29-26-30-25(32)22(36-26)14-16-12-20(27)24(21(13-16)34-2)35-15-23(31)28-17-6-4-3-5-7-17/h3-14H,15H2,1-2H3,(H,28,31)(H,29,30,32)/b22-14+. The van der Waals surface area contributed by atoms with Gasteiger partial charge in [-0.3, -0.25) is 9.59 Å². The Morgan fingerprint density at radius 2 is 1.83 bits per heavy atom. The summed E-state index contributed by atoms with van der Waals surface area (Å²) >= 11 is 4.72. The fourth-order valence-corrected chi connectivity index (χ4v) is 4.64. The zero-order valence-electron chi connectivity index (χ0n) is 19.4. The van der Waals surface area contributed by atoms with Crippen LogP contribution in [0.1, 0.15) is 5.56 Å². The van der Waals surface area contributed by atoms with Crippen LogP contribution in [-0.2, 0) is 9.59 Å². The number of para-hydroxylation sites is 1. The van der Waals surface area contributed by atoms with Gasteiger partial charge >= 0.3 is 0 Å². The lowest BCUT2D eigenvalue weighted by Crippen LogP contribution is -2.20. The van der Waals surface area contributed by atoms with Crippen LogP contribution >= 0.6 is 27.7 Å². The quantitative estimate of drug-likeness (QED) is 0.355. The average Bonchev–Trinajstić information content (AvgIpc) is 3.22. The molecule has 36 heavy (non-hydrogen) atoms. The number of carbonyl (C=O) groups excluding carboxylic acids is 2. The van der Waals surface area contributed by atoms with Crippen LogP contribution in [0.5, 0.6) is 17.2 Å². The molecule has 2 N–H and O–H groups in total. The van der Waals surface area contributed by atoms with Gasteiger partial charge in [0.05, 0.1) is 29.3 Å². The zero-order valence-corrected chi connectivity index (χ0v) is 21.8. The van der Waals surface area contributed by atoms with E-state index >= 15 is 0 Å². The van der Waals surface area contributed by atoms with Crippen molar-refractivity contribution < 1.29 is 23.8 Å². The molecule has 0 saturated carbocycles. The summed E-state index contributed by atoms with van der Waals surface area (Å²) in [6.45, 7) is -0.201. The molecule has 1 saturated heterocycles. The Labute approximate surface area is 220 Å². The molecule has 10 heteroatoms. The summed E-state index contributed by atoms with van der Waals surface area (Å²) in [5.41, 5.74) is 2.09. The topological polar surface area (TPSA) is 98.3 Å². The van der Waals surface area contributed by atoms with E-state index in [1.807, 2.05) is 18.2 Å². The second kappa shape index (κ2) is 11.8. The van der Waals surface area contributed by atoms with Gasteiger partial charge in [-0.15, -0.1) is 0 Å². The summed E-state index contributed by atoms with van der Waals surface area (Å²) in [6, 6.07) is 19.9. The SMILES string of the molecule is COc1ccc(N=C2NC(=O)/C(=C\c3cc(Br)c(OCC(=O)Nc4ccccc4)c(OC)c3)S2)cc1. The second-order valence-corrected chi connectivity index (χ2v) is 9.30. The first-order valence-electron chi connectivity index (χ1n) is 10.7. The van der Waals surface area contributed by atoms with Crippen LogP contribution in [0.25, 0.3) is 6.08 Å². The Morgan fingerprint density at radius 1 is 1.08 bits per heavy atom. The van der Waals surface area contributed by atoms with Crippen LogP contribution in [-0.4, -0.2) is 37.8 Å². The molecule has 1 aliphatic rings. The maximum Gasteiger partial charge on any atom is 0.264 e. The van der Waals surface area contributed by atoms with Crippen molar-refractivity contribution >= 4 is 62.1 Å². The van der Waals surface area contributed by atoms with E-state index < -0.39 is 0 Å². The number of nitrogens with one attached hydrogen (secondary N) is 2. The first-order chi connectivity index (χ1) is 17.4. The number of aliphatic imine (C=N–C) groups is 1. The van der Waals surface area contributed by atoms with Crippen LogP contribution in [0.3, 0.4) is 0 Å². The summed E-state index contributed by atoms with van der Waals surface area (Å²) in [6.07, 6.45) is 1.73. The van der Waals surface area contributed by atoms with Gasteiger partial charge in [0.25, 0.3) is 11.8 Å². The number of ether oxygens (including phenoxy) is 3. The van der Waals surface area contributed by atoms with Crippen molar-refractivity contribution in [3.05, 3.63) is 81.7 Å². The number of hydrogen-bond acceptors (Lipinski definition) is 7. The van der Waals surface area contributed by atoms with E-state index in [0.717, 1.165) is 5.75 Å². The molecule has 0 atom stereocenters. The van der Waals surface area contributed by atoms with Crippen molar-refractivity contribution in [2.75, 3.05) is 26.1 Å². The second-order valence-electron chi connectivity index (χ2n) is 7.42. The molecule has 3 aromatic carbocycles. The molecular formula is C26H22BrN3O5S. The Morgan fingerprint density at radius 3 is 2.53 bits per heavy atom. The van der Waals surface area contributed by atoms with Crippen molar-refractivity contribution in [2.45, 2.75) is 0 Å². The number of amidine groups is 1. The van der Waals surface area contributed by atoms with Crippen molar-refractivity contribution in [2.24, 2.45) is 4.99 Å². The van der Waals surface area contributed by atoms with Gasteiger partial charge in [-0.25, -0.2) is 4.99 Å². The first kappa shape index (κ1) is 25.3. The Kier molecular flexibility index (Phi) is 8.29. The van der Waals surface area contributed by atoms with E-state index in [4.69, 9.17) is 14.2 Å². The monoisotopic (exact) mass is 567 g/mol. The van der Waals surface area contributed by atoms with Gasteiger partial charge in [0.1, 0.15) is 5.75 Å². The van der Waals surface area contributed by atoms with Crippen molar-refractivity contribution in [3.63, 3.8) is 0 Å². The van der Waals surface area contributed by atoms with E-state index in [1.165, 1.54) is 18.9 Å². The van der Waals surface area contributed by atoms with Crippen LogP contribution in [0, 0.1) is 0 Å². The molecule has 0 unspecified atom stereocenters. The number of benzene rings is 3. The molecule has 1 aliphatic heterocycles. The molecule has 184 valence electrons. The lowest BCUT2D eigenvalue weighted by Gasteiger charge is -2.13. The maximum absolute atomic E-state index is 12.5. The van der Waals surface area contributed by atoms with E-state index in [1.54, 1.807) is 61.7 Å². The highest BCUT2D eigenvalue weighted by Gasteiger charge is 2.24. The average molecular weight is 568 g/mol. The van der Waals surface area contributed by atoms with E-state index in [-0.39, 0.29) is 18.4 Å². The normalized spacial score (nSPS) is 15.0. The van der Waals surface area contributed by atoms with Gasteiger partial charge in [-0.05, 0) is 87.9 Å². The minimum atomic E-state index is -0.302. The molecule has 1 heterocycles. The molecule has 0 aromatic heterocycles. The summed E-state index contributed by atoms with van der Waals surface area (Å²) < 4.78 is 16.9. The highest BCUT2D eigenvalue weighted by atomic mass is 79.9. The van der Waals surface area contributed by atoms with E-state index in [0.29, 0.717) is 43.0 Å². The van der Waals surface area contributed by atoms with Crippen LogP contribution in [0.4, 0.5) is 11.4 Å². The van der Waals surface area contributed by atoms with Gasteiger partial charge < -0.3 is 24.8 Å². The Balaban J connectivity index is 1.46. The predicted octanol–water partition coefficient (Wildman–Crippen LogP) is 5.38. The minimum absolute atomic E-state index is 0.201.